The zero-order valence-corrected chi connectivity index (χ0v) is 8.99. The fourth-order valence-electron chi connectivity index (χ4n) is 1.80. The fraction of sp³-hybridized carbons (Fsp3) is 0.200. The summed E-state index contributed by atoms with van der Waals surface area (Å²) in [5, 5.41) is 1.94. The van der Waals surface area contributed by atoms with E-state index in [0.29, 0.717) is 6.54 Å². The summed E-state index contributed by atoms with van der Waals surface area (Å²) in [6.45, 7) is 0.611. The average molecular weight is 219 g/mol. The largest absolute Gasteiger partial charge is 0.335 e. The van der Waals surface area contributed by atoms with E-state index in [4.69, 9.17) is 0 Å². The maximum atomic E-state index is 12.0. The molecule has 0 bridgehead atoms. The molecule has 0 saturated carbocycles. The molecule has 0 saturated heterocycles. The predicted molar refractivity (Wildman–Crippen MR) is 57.2 cm³/mol. The Balaban J connectivity index is 2.30. The topological polar surface area (TPSA) is 38.1 Å². The second-order valence-electron chi connectivity index (χ2n) is 3.55. The number of imidazole rings is 1. The number of hydrogen-bond donors (Lipinski definition) is 0. The van der Waals surface area contributed by atoms with E-state index in [1.165, 1.54) is 11.3 Å². The molecule has 1 aliphatic heterocycles. The smallest absolute Gasteiger partial charge is 0.266 e. The summed E-state index contributed by atoms with van der Waals surface area (Å²) in [6.07, 6.45) is 3.56. The van der Waals surface area contributed by atoms with Gasteiger partial charge in [0.25, 0.3) is 5.91 Å². The van der Waals surface area contributed by atoms with E-state index in [-0.39, 0.29) is 5.91 Å². The van der Waals surface area contributed by atoms with Crippen LogP contribution in [0.4, 0.5) is 0 Å². The Bertz CT molecular complexity index is 528. The van der Waals surface area contributed by atoms with Gasteiger partial charge in [0.1, 0.15) is 4.88 Å². The minimum atomic E-state index is 0.0868. The lowest BCUT2D eigenvalue weighted by Gasteiger charge is -2.12. The van der Waals surface area contributed by atoms with Gasteiger partial charge in [-0.25, -0.2) is 4.98 Å². The van der Waals surface area contributed by atoms with Gasteiger partial charge >= 0.3 is 0 Å². The van der Waals surface area contributed by atoms with Crippen LogP contribution in [0.1, 0.15) is 15.4 Å². The van der Waals surface area contributed by atoms with Gasteiger partial charge in [0, 0.05) is 7.05 Å². The third-order valence-corrected chi connectivity index (χ3v) is 3.45. The van der Waals surface area contributed by atoms with Crippen LogP contribution in [0.2, 0.25) is 0 Å². The van der Waals surface area contributed by atoms with Crippen molar-refractivity contribution >= 4 is 17.2 Å². The van der Waals surface area contributed by atoms with Gasteiger partial charge in [-0.05, 0) is 11.4 Å². The molecule has 1 amide bonds. The van der Waals surface area contributed by atoms with E-state index in [9.17, 15) is 4.79 Å². The molecule has 0 radical (unpaired) electrons. The van der Waals surface area contributed by atoms with Crippen LogP contribution >= 0.6 is 11.3 Å². The summed E-state index contributed by atoms with van der Waals surface area (Å²) < 4.78 is 1.98. The number of carbonyl (C=O) groups is 1. The van der Waals surface area contributed by atoms with E-state index in [2.05, 4.69) is 4.98 Å². The molecule has 0 fully saturated rings. The van der Waals surface area contributed by atoms with Crippen LogP contribution in [0, 0.1) is 0 Å². The van der Waals surface area contributed by atoms with Crippen LogP contribution in [0.3, 0.4) is 0 Å². The van der Waals surface area contributed by atoms with Crippen molar-refractivity contribution in [3.05, 3.63) is 34.5 Å². The highest BCUT2D eigenvalue weighted by Crippen LogP contribution is 2.27. The Morgan fingerprint density at radius 3 is 3.27 bits per heavy atom. The van der Waals surface area contributed by atoms with Crippen molar-refractivity contribution in [1.82, 2.24) is 14.5 Å². The first-order chi connectivity index (χ1) is 7.27. The summed E-state index contributed by atoms with van der Waals surface area (Å²) in [5.41, 5.74) is 1.99. The fourth-order valence-corrected chi connectivity index (χ4v) is 2.67. The highest BCUT2D eigenvalue weighted by atomic mass is 32.1. The van der Waals surface area contributed by atoms with Gasteiger partial charge in [-0.15, -0.1) is 11.3 Å². The SMILES string of the molecule is CN1Cc2cncn2-c2ccsc2C1=O. The number of hydrogen-bond acceptors (Lipinski definition) is 3. The Morgan fingerprint density at radius 1 is 1.53 bits per heavy atom. The molecule has 0 N–H and O–H groups in total. The van der Waals surface area contributed by atoms with Gasteiger partial charge in [-0.1, -0.05) is 0 Å². The van der Waals surface area contributed by atoms with Crippen LogP contribution in [0.25, 0.3) is 5.69 Å². The molecule has 0 aliphatic carbocycles. The van der Waals surface area contributed by atoms with Crippen molar-refractivity contribution in [2.75, 3.05) is 7.05 Å². The molecule has 0 aromatic carbocycles. The number of thiophene rings is 1. The monoisotopic (exact) mass is 219 g/mol. The maximum absolute atomic E-state index is 12.0. The van der Waals surface area contributed by atoms with E-state index in [0.717, 1.165) is 16.3 Å². The Hall–Kier alpha value is -1.62. The first kappa shape index (κ1) is 8.67. The normalized spacial score (nSPS) is 14.7. The summed E-state index contributed by atoms with van der Waals surface area (Å²) >= 11 is 1.48. The molecule has 0 unspecified atom stereocenters. The number of carbonyl (C=O) groups excluding carboxylic acids is 1. The molecule has 15 heavy (non-hydrogen) atoms. The first-order valence-corrected chi connectivity index (χ1v) is 5.50. The number of aromatic nitrogens is 2. The lowest BCUT2D eigenvalue weighted by Crippen LogP contribution is -2.24. The highest BCUT2D eigenvalue weighted by Gasteiger charge is 2.24. The zero-order chi connectivity index (χ0) is 10.4. The lowest BCUT2D eigenvalue weighted by atomic mass is 10.3. The summed E-state index contributed by atoms with van der Waals surface area (Å²) in [4.78, 5) is 18.6. The van der Waals surface area contributed by atoms with Crippen LogP contribution in [0.15, 0.2) is 24.0 Å². The molecular formula is C10H9N3OS. The molecule has 0 spiro atoms. The van der Waals surface area contributed by atoms with Crippen molar-refractivity contribution in [3.63, 3.8) is 0 Å². The summed E-state index contributed by atoms with van der Waals surface area (Å²) in [6, 6.07) is 1.96. The molecule has 3 heterocycles. The van der Waals surface area contributed by atoms with Crippen molar-refractivity contribution in [1.29, 1.82) is 0 Å². The second kappa shape index (κ2) is 2.93. The maximum Gasteiger partial charge on any atom is 0.266 e. The van der Waals surface area contributed by atoms with Crippen LogP contribution in [0.5, 0.6) is 0 Å². The van der Waals surface area contributed by atoms with Crippen molar-refractivity contribution < 1.29 is 4.79 Å². The van der Waals surface area contributed by atoms with Crippen LogP contribution in [-0.2, 0) is 6.54 Å². The van der Waals surface area contributed by atoms with Crippen LogP contribution < -0.4 is 0 Å². The Labute approximate surface area is 90.8 Å². The average Bonchev–Trinajstić information content (AvgIpc) is 2.81. The standard InChI is InChI=1S/C10H9N3OS/c1-12-5-7-4-11-6-13(7)8-2-3-15-9(8)10(12)14/h2-4,6H,5H2,1H3. The van der Waals surface area contributed by atoms with Gasteiger partial charge < -0.3 is 4.90 Å². The molecule has 76 valence electrons. The van der Waals surface area contributed by atoms with Gasteiger partial charge in [0.2, 0.25) is 0 Å². The second-order valence-corrected chi connectivity index (χ2v) is 4.47. The van der Waals surface area contributed by atoms with Gasteiger partial charge in [0.15, 0.2) is 0 Å². The van der Waals surface area contributed by atoms with Crippen LogP contribution in [-0.4, -0.2) is 27.4 Å². The number of rotatable bonds is 0. The Kier molecular flexibility index (Phi) is 1.70. The predicted octanol–water partition coefficient (Wildman–Crippen LogP) is 1.52. The minimum absolute atomic E-state index is 0.0868. The molecule has 2 aromatic rings. The van der Waals surface area contributed by atoms with E-state index >= 15 is 0 Å². The zero-order valence-electron chi connectivity index (χ0n) is 8.17. The van der Waals surface area contributed by atoms with Gasteiger partial charge in [0.05, 0.1) is 30.5 Å². The molecule has 0 atom stereocenters. The molecule has 5 heteroatoms. The summed E-state index contributed by atoms with van der Waals surface area (Å²) in [7, 11) is 1.81. The number of amides is 1. The lowest BCUT2D eigenvalue weighted by molar-refractivity contribution is 0.0792. The van der Waals surface area contributed by atoms with Gasteiger partial charge in [-0.2, -0.15) is 0 Å². The quantitative estimate of drug-likeness (QED) is 0.673. The molecule has 2 aromatic heterocycles. The molecular weight excluding hydrogens is 210 g/mol. The third-order valence-electron chi connectivity index (χ3n) is 2.56. The van der Waals surface area contributed by atoms with Crippen molar-refractivity contribution in [3.8, 4) is 5.69 Å². The molecule has 3 rings (SSSR count). The van der Waals surface area contributed by atoms with Crippen molar-refractivity contribution in [2.24, 2.45) is 0 Å². The molecule has 1 aliphatic rings. The minimum Gasteiger partial charge on any atom is -0.335 e. The van der Waals surface area contributed by atoms with E-state index < -0.39 is 0 Å². The Morgan fingerprint density at radius 2 is 2.40 bits per heavy atom. The van der Waals surface area contributed by atoms with E-state index in [1.54, 1.807) is 17.4 Å². The van der Waals surface area contributed by atoms with E-state index in [1.807, 2.05) is 23.1 Å². The summed E-state index contributed by atoms with van der Waals surface area (Å²) in [5.74, 6) is 0.0868. The van der Waals surface area contributed by atoms with Gasteiger partial charge in [-0.3, -0.25) is 9.36 Å². The number of fused-ring (bicyclic) bond motifs is 3. The third kappa shape index (κ3) is 1.13. The molecule has 4 nitrogen and oxygen atoms in total. The number of nitrogens with zero attached hydrogens (tertiary/aromatic N) is 3. The highest BCUT2D eigenvalue weighted by molar-refractivity contribution is 7.12. The first-order valence-electron chi connectivity index (χ1n) is 4.62. The van der Waals surface area contributed by atoms with Crippen molar-refractivity contribution in [2.45, 2.75) is 6.54 Å².